The third kappa shape index (κ3) is 3.41. The number of pyridine rings is 1. The second-order valence-corrected chi connectivity index (χ2v) is 5.69. The summed E-state index contributed by atoms with van der Waals surface area (Å²) in [5, 5.41) is 0. The summed E-state index contributed by atoms with van der Waals surface area (Å²) in [5.74, 6) is 0.161. The molecule has 0 aromatic carbocycles. The van der Waals surface area contributed by atoms with Crippen LogP contribution in [0.4, 0.5) is 19.0 Å². The van der Waals surface area contributed by atoms with Crippen LogP contribution in [-0.4, -0.2) is 54.7 Å². The molecule has 8 heteroatoms. The third-order valence-corrected chi connectivity index (χ3v) is 4.23. The van der Waals surface area contributed by atoms with Gasteiger partial charge in [-0.3, -0.25) is 4.79 Å². The highest BCUT2D eigenvalue weighted by atomic mass is 19.4. The number of nitrogens with zero attached hydrogens (tertiary/aromatic N) is 3. The van der Waals surface area contributed by atoms with Crippen molar-refractivity contribution in [2.24, 2.45) is 0 Å². The molecule has 2 saturated heterocycles. The number of anilines is 1. The Kier molecular flexibility index (Phi) is 4.43. The quantitative estimate of drug-likeness (QED) is 0.832. The van der Waals surface area contributed by atoms with Crippen molar-refractivity contribution >= 4 is 11.7 Å². The van der Waals surface area contributed by atoms with Gasteiger partial charge in [0.1, 0.15) is 11.9 Å². The van der Waals surface area contributed by atoms with Crippen LogP contribution in [0.3, 0.4) is 0 Å². The van der Waals surface area contributed by atoms with Gasteiger partial charge >= 0.3 is 6.18 Å². The van der Waals surface area contributed by atoms with E-state index in [1.165, 1.54) is 0 Å². The van der Waals surface area contributed by atoms with Gasteiger partial charge in [0.25, 0.3) is 0 Å². The number of hydrogen-bond acceptors (Lipinski definition) is 4. The molecule has 1 atom stereocenters. The number of carbonyl (C=O) groups excluding carboxylic acids is 1. The molecule has 2 aliphatic rings. The Morgan fingerprint density at radius 3 is 2.70 bits per heavy atom. The highest BCUT2D eigenvalue weighted by Crippen LogP contribution is 2.32. The van der Waals surface area contributed by atoms with E-state index in [9.17, 15) is 18.0 Å². The second kappa shape index (κ2) is 6.35. The lowest BCUT2D eigenvalue weighted by Crippen LogP contribution is -2.50. The number of hydrogen-bond donors (Lipinski definition) is 0. The van der Waals surface area contributed by atoms with Crippen LogP contribution in [0.15, 0.2) is 18.3 Å². The van der Waals surface area contributed by atoms with Gasteiger partial charge in [-0.05, 0) is 25.0 Å². The predicted molar refractivity (Wildman–Crippen MR) is 77.0 cm³/mol. The number of carbonyl (C=O) groups is 1. The Hall–Kier alpha value is -1.83. The SMILES string of the molecule is O=C([C@H]1CCCN1c1cc(C(F)(F)F)ccn1)N1CCOCC1. The molecule has 1 aromatic rings. The van der Waals surface area contributed by atoms with Crippen molar-refractivity contribution in [2.75, 3.05) is 37.7 Å². The number of alkyl halides is 3. The second-order valence-electron chi connectivity index (χ2n) is 5.69. The molecule has 5 nitrogen and oxygen atoms in total. The van der Waals surface area contributed by atoms with Gasteiger partial charge in [-0.15, -0.1) is 0 Å². The summed E-state index contributed by atoms with van der Waals surface area (Å²) >= 11 is 0. The number of halogens is 3. The lowest BCUT2D eigenvalue weighted by molar-refractivity contribution is -0.137. The Bertz CT molecular complexity index is 573. The minimum atomic E-state index is -4.42. The van der Waals surface area contributed by atoms with E-state index < -0.39 is 17.8 Å². The lowest BCUT2D eigenvalue weighted by Gasteiger charge is -2.33. The molecule has 3 rings (SSSR count). The maximum absolute atomic E-state index is 12.9. The van der Waals surface area contributed by atoms with E-state index in [-0.39, 0.29) is 11.7 Å². The van der Waals surface area contributed by atoms with E-state index in [0.717, 1.165) is 24.8 Å². The van der Waals surface area contributed by atoms with E-state index in [1.807, 2.05) is 0 Å². The molecule has 2 aliphatic heterocycles. The first-order valence-corrected chi connectivity index (χ1v) is 7.63. The van der Waals surface area contributed by atoms with Crippen molar-refractivity contribution in [3.63, 3.8) is 0 Å². The molecule has 23 heavy (non-hydrogen) atoms. The van der Waals surface area contributed by atoms with Crippen LogP contribution in [0.5, 0.6) is 0 Å². The van der Waals surface area contributed by atoms with Crippen LogP contribution in [-0.2, 0) is 15.7 Å². The molecule has 2 fully saturated rings. The first-order valence-electron chi connectivity index (χ1n) is 7.63. The largest absolute Gasteiger partial charge is 0.416 e. The maximum atomic E-state index is 12.9. The number of aromatic nitrogens is 1. The first-order chi connectivity index (χ1) is 11.0. The maximum Gasteiger partial charge on any atom is 0.416 e. The zero-order chi connectivity index (χ0) is 16.4. The number of amides is 1. The summed E-state index contributed by atoms with van der Waals surface area (Å²) in [6, 6.07) is 1.52. The van der Waals surface area contributed by atoms with Gasteiger partial charge < -0.3 is 14.5 Å². The van der Waals surface area contributed by atoms with Crippen LogP contribution in [0.2, 0.25) is 0 Å². The van der Waals surface area contributed by atoms with E-state index in [0.29, 0.717) is 39.3 Å². The minimum absolute atomic E-state index is 0.0509. The predicted octanol–water partition coefficient (Wildman–Crippen LogP) is 1.93. The zero-order valence-corrected chi connectivity index (χ0v) is 12.6. The Balaban J connectivity index is 1.80. The fourth-order valence-electron chi connectivity index (χ4n) is 3.04. The zero-order valence-electron chi connectivity index (χ0n) is 12.6. The van der Waals surface area contributed by atoms with Crippen molar-refractivity contribution in [2.45, 2.75) is 25.1 Å². The average Bonchev–Trinajstić information content (AvgIpc) is 3.04. The fraction of sp³-hybridized carbons (Fsp3) is 0.600. The van der Waals surface area contributed by atoms with Crippen LogP contribution in [0.1, 0.15) is 18.4 Å². The van der Waals surface area contributed by atoms with Crippen molar-refractivity contribution in [3.05, 3.63) is 23.9 Å². The average molecular weight is 329 g/mol. The van der Waals surface area contributed by atoms with Gasteiger partial charge in [0, 0.05) is 25.8 Å². The van der Waals surface area contributed by atoms with Crippen molar-refractivity contribution in [3.8, 4) is 0 Å². The van der Waals surface area contributed by atoms with Gasteiger partial charge in [-0.1, -0.05) is 0 Å². The summed E-state index contributed by atoms with van der Waals surface area (Å²) in [5.41, 5.74) is -0.744. The Morgan fingerprint density at radius 2 is 2.00 bits per heavy atom. The smallest absolute Gasteiger partial charge is 0.378 e. The lowest BCUT2D eigenvalue weighted by atomic mass is 10.1. The molecule has 0 aliphatic carbocycles. The van der Waals surface area contributed by atoms with Crippen molar-refractivity contribution < 1.29 is 22.7 Å². The first kappa shape index (κ1) is 16.0. The molecule has 0 bridgehead atoms. The molecule has 3 heterocycles. The van der Waals surface area contributed by atoms with Gasteiger partial charge in [-0.2, -0.15) is 13.2 Å². The van der Waals surface area contributed by atoms with E-state index in [1.54, 1.807) is 9.80 Å². The van der Waals surface area contributed by atoms with Gasteiger partial charge in [0.15, 0.2) is 0 Å². The summed E-state index contributed by atoms with van der Waals surface area (Å²) in [4.78, 5) is 20.1. The van der Waals surface area contributed by atoms with Crippen LogP contribution in [0.25, 0.3) is 0 Å². The minimum Gasteiger partial charge on any atom is -0.378 e. The fourth-order valence-corrected chi connectivity index (χ4v) is 3.04. The van der Waals surface area contributed by atoms with E-state index in [2.05, 4.69) is 4.98 Å². The molecule has 0 unspecified atom stereocenters. The van der Waals surface area contributed by atoms with Crippen molar-refractivity contribution in [1.82, 2.24) is 9.88 Å². The van der Waals surface area contributed by atoms with Gasteiger partial charge in [0.2, 0.25) is 5.91 Å². The van der Waals surface area contributed by atoms with Crippen LogP contribution < -0.4 is 4.90 Å². The molecule has 0 radical (unpaired) electrons. The number of rotatable bonds is 2. The molecular weight excluding hydrogens is 311 g/mol. The molecule has 0 spiro atoms. The Labute approximate surface area is 132 Å². The van der Waals surface area contributed by atoms with Crippen LogP contribution in [0, 0.1) is 0 Å². The van der Waals surface area contributed by atoms with E-state index in [4.69, 9.17) is 4.74 Å². The normalized spacial score (nSPS) is 22.5. The molecule has 0 N–H and O–H groups in total. The third-order valence-electron chi connectivity index (χ3n) is 4.23. The highest BCUT2D eigenvalue weighted by Gasteiger charge is 2.36. The number of ether oxygens (including phenoxy) is 1. The standard InChI is InChI=1S/C15H18F3N3O2/c16-15(17,18)11-3-4-19-13(10-11)21-5-1-2-12(21)14(22)20-6-8-23-9-7-20/h3-4,10,12H,1-2,5-9H2/t12-/m1/s1. The van der Waals surface area contributed by atoms with Crippen LogP contribution >= 0.6 is 0 Å². The summed E-state index contributed by atoms with van der Waals surface area (Å²) in [7, 11) is 0. The number of morpholine rings is 1. The molecule has 126 valence electrons. The van der Waals surface area contributed by atoms with Crippen molar-refractivity contribution in [1.29, 1.82) is 0 Å². The monoisotopic (exact) mass is 329 g/mol. The Morgan fingerprint density at radius 1 is 1.26 bits per heavy atom. The summed E-state index contributed by atoms with van der Waals surface area (Å²) < 4.78 is 43.8. The summed E-state index contributed by atoms with van der Waals surface area (Å²) in [6.07, 6.45) is -1.87. The molecular formula is C15H18F3N3O2. The van der Waals surface area contributed by atoms with Gasteiger partial charge in [-0.25, -0.2) is 4.98 Å². The highest BCUT2D eigenvalue weighted by molar-refractivity contribution is 5.85. The topological polar surface area (TPSA) is 45.7 Å². The summed E-state index contributed by atoms with van der Waals surface area (Å²) in [6.45, 7) is 2.59. The molecule has 0 saturated carbocycles. The molecule has 1 aromatic heterocycles. The van der Waals surface area contributed by atoms with Gasteiger partial charge in [0.05, 0.1) is 18.8 Å². The van der Waals surface area contributed by atoms with E-state index >= 15 is 0 Å². The molecule has 1 amide bonds.